The van der Waals surface area contributed by atoms with Gasteiger partial charge in [-0.2, -0.15) is 0 Å². The lowest BCUT2D eigenvalue weighted by molar-refractivity contribution is 0.659. The van der Waals surface area contributed by atoms with Crippen LogP contribution in [0.1, 0.15) is 13.3 Å². The van der Waals surface area contributed by atoms with E-state index in [1.807, 2.05) is 18.5 Å². The molecular formula is C14H17N3. The second kappa shape index (κ2) is 3.91. The van der Waals surface area contributed by atoms with Crippen molar-refractivity contribution >= 4 is 22.1 Å². The topological polar surface area (TPSA) is 42.1 Å². The van der Waals surface area contributed by atoms with Crippen LogP contribution in [0.25, 0.3) is 10.8 Å². The number of anilines is 2. The summed E-state index contributed by atoms with van der Waals surface area (Å²) in [6.07, 6.45) is 4.97. The molecule has 1 aliphatic rings. The van der Waals surface area contributed by atoms with Gasteiger partial charge in [-0.3, -0.25) is 4.98 Å². The third-order valence-electron chi connectivity index (χ3n) is 3.59. The maximum absolute atomic E-state index is 5.99. The minimum absolute atomic E-state index is 0.782. The molecule has 0 saturated carbocycles. The molecule has 2 heterocycles. The molecule has 1 unspecified atom stereocenters. The predicted molar refractivity (Wildman–Crippen MR) is 72.1 cm³/mol. The van der Waals surface area contributed by atoms with Gasteiger partial charge in [-0.25, -0.2) is 0 Å². The molecule has 0 bridgehead atoms. The number of pyridine rings is 1. The first-order chi connectivity index (χ1) is 8.25. The molecule has 88 valence electrons. The van der Waals surface area contributed by atoms with Crippen molar-refractivity contribution in [3.8, 4) is 0 Å². The summed E-state index contributed by atoms with van der Waals surface area (Å²) in [7, 11) is 0. The summed E-state index contributed by atoms with van der Waals surface area (Å²) in [5.74, 6) is 0.782. The van der Waals surface area contributed by atoms with Crippen molar-refractivity contribution in [1.82, 2.24) is 4.98 Å². The highest BCUT2D eigenvalue weighted by Gasteiger charge is 2.20. The number of rotatable bonds is 1. The molecule has 2 aromatic rings. The molecule has 3 heteroatoms. The Balaban J connectivity index is 2.14. The van der Waals surface area contributed by atoms with Crippen molar-refractivity contribution in [3.63, 3.8) is 0 Å². The Morgan fingerprint density at radius 2 is 2.18 bits per heavy atom. The van der Waals surface area contributed by atoms with Crippen LogP contribution in [0.3, 0.4) is 0 Å². The number of aromatic nitrogens is 1. The minimum Gasteiger partial charge on any atom is -0.398 e. The highest BCUT2D eigenvalue weighted by atomic mass is 15.1. The van der Waals surface area contributed by atoms with Crippen LogP contribution in [-0.2, 0) is 0 Å². The summed E-state index contributed by atoms with van der Waals surface area (Å²) in [5.41, 5.74) is 8.09. The smallest absolute Gasteiger partial charge is 0.0448 e. The van der Waals surface area contributed by atoms with E-state index in [-0.39, 0.29) is 0 Å². The van der Waals surface area contributed by atoms with Gasteiger partial charge in [0.15, 0.2) is 0 Å². The Morgan fingerprint density at radius 1 is 1.29 bits per heavy atom. The molecule has 1 aliphatic heterocycles. The predicted octanol–water partition coefficient (Wildman–Crippen LogP) is 2.66. The van der Waals surface area contributed by atoms with Gasteiger partial charge in [0, 0.05) is 47.6 Å². The molecule has 3 rings (SSSR count). The van der Waals surface area contributed by atoms with Crippen LogP contribution in [0.15, 0.2) is 30.6 Å². The average molecular weight is 227 g/mol. The van der Waals surface area contributed by atoms with E-state index in [2.05, 4.69) is 28.9 Å². The van der Waals surface area contributed by atoms with Crippen molar-refractivity contribution in [3.05, 3.63) is 30.6 Å². The minimum atomic E-state index is 0.782. The summed E-state index contributed by atoms with van der Waals surface area (Å²) < 4.78 is 0. The zero-order valence-electron chi connectivity index (χ0n) is 10.1. The van der Waals surface area contributed by atoms with E-state index in [1.54, 1.807) is 0 Å². The number of nitrogens with two attached hydrogens (primary N) is 1. The molecule has 0 aliphatic carbocycles. The largest absolute Gasteiger partial charge is 0.398 e. The molecule has 0 spiro atoms. The monoisotopic (exact) mass is 227 g/mol. The zero-order valence-corrected chi connectivity index (χ0v) is 10.1. The zero-order chi connectivity index (χ0) is 11.8. The molecule has 3 nitrogen and oxygen atoms in total. The Kier molecular flexibility index (Phi) is 2.39. The maximum atomic E-state index is 5.99. The number of hydrogen-bond donors (Lipinski definition) is 1. The molecule has 1 saturated heterocycles. The fraction of sp³-hybridized carbons (Fsp3) is 0.357. The Morgan fingerprint density at radius 3 is 2.94 bits per heavy atom. The van der Waals surface area contributed by atoms with Crippen molar-refractivity contribution in [2.45, 2.75) is 13.3 Å². The van der Waals surface area contributed by atoms with E-state index in [0.29, 0.717) is 0 Å². The van der Waals surface area contributed by atoms with Crippen molar-refractivity contribution in [2.24, 2.45) is 5.92 Å². The van der Waals surface area contributed by atoms with Gasteiger partial charge in [-0.15, -0.1) is 0 Å². The van der Waals surface area contributed by atoms with Crippen molar-refractivity contribution < 1.29 is 0 Å². The molecule has 1 fully saturated rings. The fourth-order valence-corrected chi connectivity index (χ4v) is 2.63. The van der Waals surface area contributed by atoms with Crippen LogP contribution in [0.4, 0.5) is 11.4 Å². The highest BCUT2D eigenvalue weighted by molar-refractivity contribution is 6.00. The summed E-state index contributed by atoms with van der Waals surface area (Å²) in [6.45, 7) is 4.59. The van der Waals surface area contributed by atoms with Gasteiger partial charge in [-0.1, -0.05) is 6.92 Å². The first kappa shape index (κ1) is 10.4. The SMILES string of the molecule is CC1CCN(c2ccc(N)c3cnccc23)C1. The third-order valence-corrected chi connectivity index (χ3v) is 3.59. The second-order valence-corrected chi connectivity index (χ2v) is 4.94. The summed E-state index contributed by atoms with van der Waals surface area (Å²) >= 11 is 0. The van der Waals surface area contributed by atoms with Crippen molar-refractivity contribution in [1.29, 1.82) is 0 Å². The first-order valence-corrected chi connectivity index (χ1v) is 6.13. The molecule has 1 aromatic heterocycles. The van der Waals surface area contributed by atoms with Crippen LogP contribution in [0.5, 0.6) is 0 Å². The summed E-state index contributed by atoms with van der Waals surface area (Å²) in [6, 6.07) is 6.18. The number of nitrogens with zero attached hydrogens (tertiary/aromatic N) is 2. The Labute approximate surface area is 101 Å². The van der Waals surface area contributed by atoms with E-state index in [4.69, 9.17) is 5.73 Å². The lowest BCUT2D eigenvalue weighted by Crippen LogP contribution is -2.19. The van der Waals surface area contributed by atoms with Gasteiger partial charge < -0.3 is 10.6 Å². The van der Waals surface area contributed by atoms with Gasteiger partial charge >= 0.3 is 0 Å². The van der Waals surface area contributed by atoms with E-state index < -0.39 is 0 Å². The van der Waals surface area contributed by atoms with Crippen LogP contribution in [-0.4, -0.2) is 18.1 Å². The van der Waals surface area contributed by atoms with E-state index >= 15 is 0 Å². The molecule has 0 radical (unpaired) electrons. The average Bonchev–Trinajstić information content (AvgIpc) is 2.77. The lowest BCUT2D eigenvalue weighted by Gasteiger charge is -2.20. The standard InChI is InChI=1S/C14H17N3/c1-10-5-7-17(9-10)14-3-2-13(15)12-8-16-6-4-11(12)14/h2-4,6,8,10H,5,7,9,15H2,1H3. The van der Waals surface area contributed by atoms with Crippen LogP contribution in [0, 0.1) is 5.92 Å². The molecular weight excluding hydrogens is 210 g/mol. The summed E-state index contributed by atoms with van der Waals surface area (Å²) in [5, 5.41) is 2.28. The Hall–Kier alpha value is -1.77. The second-order valence-electron chi connectivity index (χ2n) is 4.94. The quantitative estimate of drug-likeness (QED) is 0.762. The van der Waals surface area contributed by atoms with Crippen LogP contribution in [0.2, 0.25) is 0 Å². The Bertz CT molecular complexity index is 550. The summed E-state index contributed by atoms with van der Waals surface area (Å²) in [4.78, 5) is 6.61. The number of benzene rings is 1. The molecule has 0 amide bonds. The van der Waals surface area contributed by atoms with E-state index in [0.717, 1.165) is 30.1 Å². The maximum Gasteiger partial charge on any atom is 0.0448 e. The number of fused-ring (bicyclic) bond motifs is 1. The van der Waals surface area contributed by atoms with Gasteiger partial charge in [-0.05, 0) is 30.5 Å². The normalized spacial score (nSPS) is 20.1. The van der Waals surface area contributed by atoms with E-state index in [9.17, 15) is 0 Å². The van der Waals surface area contributed by atoms with Crippen molar-refractivity contribution in [2.75, 3.05) is 23.7 Å². The van der Waals surface area contributed by atoms with Gasteiger partial charge in [0.25, 0.3) is 0 Å². The molecule has 1 atom stereocenters. The molecule has 1 aromatic carbocycles. The third kappa shape index (κ3) is 1.71. The first-order valence-electron chi connectivity index (χ1n) is 6.13. The molecule has 2 N–H and O–H groups in total. The fourth-order valence-electron chi connectivity index (χ4n) is 2.63. The highest BCUT2D eigenvalue weighted by Crippen LogP contribution is 2.33. The van der Waals surface area contributed by atoms with Gasteiger partial charge in [0.2, 0.25) is 0 Å². The van der Waals surface area contributed by atoms with Gasteiger partial charge in [0.1, 0.15) is 0 Å². The number of nitrogen functional groups attached to an aromatic ring is 1. The van der Waals surface area contributed by atoms with E-state index in [1.165, 1.54) is 17.5 Å². The lowest BCUT2D eigenvalue weighted by atomic mass is 10.1. The van der Waals surface area contributed by atoms with Crippen LogP contribution < -0.4 is 10.6 Å². The van der Waals surface area contributed by atoms with Crippen LogP contribution >= 0.6 is 0 Å². The molecule has 17 heavy (non-hydrogen) atoms. The number of hydrogen-bond acceptors (Lipinski definition) is 3. The van der Waals surface area contributed by atoms with Gasteiger partial charge in [0.05, 0.1) is 0 Å².